The quantitative estimate of drug-likeness (QED) is 0.616. The van der Waals surface area contributed by atoms with E-state index in [0.29, 0.717) is 29.7 Å². The Morgan fingerprint density at radius 3 is 2.67 bits per heavy atom. The van der Waals surface area contributed by atoms with E-state index in [2.05, 4.69) is 19.2 Å². The number of nitrogens with zero attached hydrogens (tertiary/aromatic N) is 1. The minimum absolute atomic E-state index is 0.0268. The van der Waals surface area contributed by atoms with Gasteiger partial charge in [0.25, 0.3) is 5.69 Å². The summed E-state index contributed by atoms with van der Waals surface area (Å²) in [5.74, 6) is 0.685. The molecule has 0 aliphatic heterocycles. The summed E-state index contributed by atoms with van der Waals surface area (Å²) in [7, 11) is 0. The van der Waals surface area contributed by atoms with E-state index in [4.69, 9.17) is 17.3 Å². The highest BCUT2D eigenvalue weighted by Gasteiger charge is 2.16. The molecule has 0 saturated carbocycles. The maximum atomic E-state index is 10.9. The standard InChI is InChI=1S/C12H18ClN3O2/c1-8(2)9(6-14)7-15-11-5-10(13)3-4-12(11)16(17)18/h3-5,8-9,15H,6-7,14H2,1-2H3. The first-order chi connectivity index (χ1) is 8.45. The van der Waals surface area contributed by atoms with E-state index in [0.717, 1.165) is 0 Å². The molecule has 18 heavy (non-hydrogen) atoms. The summed E-state index contributed by atoms with van der Waals surface area (Å²) in [6, 6.07) is 4.47. The molecule has 0 bridgehead atoms. The molecule has 0 fully saturated rings. The number of anilines is 1. The average molecular weight is 272 g/mol. The molecule has 5 nitrogen and oxygen atoms in total. The van der Waals surface area contributed by atoms with Crippen molar-refractivity contribution in [2.24, 2.45) is 17.6 Å². The molecule has 1 aromatic rings. The van der Waals surface area contributed by atoms with E-state index in [9.17, 15) is 10.1 Å². The van der Waals surface area contributed by atoms with Crippen LogP contribution in [0.2, 0.25) is 5.02 Å². The largest absolute Gasteiger partial charge is 0.379 e. The number of halogens is 1. The van der Waals surface area contributed by atoms with Crippen LogP contribution in [0.15, 0.2) is 18.2 Å². The van der Waals surface area contributed by atoms with Gasteiger partial charge in [0.15, 0.2) is 0 Å². The number of nitro groups is 1. The fourth-order valence-corrected chi connectivity index (χ4v) is 1.81. The Hall–Kier alpha value is -1.33. The van der Waals surface area contributed by atoms with E-state index in [1.54, 1.807) is 6.07 Å². The molecule has 1 unspecified atom stereocenters. The van der Waals surface area contributed by atoms with Gasteiger partial charge in [0.2, 0.25) is 0 Å². The molecule has 0 aliphatic carbocycles. The van der Waals surface area contributed by atoms with Crippen molar-refractivity contribution in [2.45, 2.75) is 13.8 Å². The Morgan fingerprint density at radius 2 is 2.17 bits per heavy atom. The lowest BCUT2D eigenvalue weighted by atomic mass is 9.96. The molecule has 6 heteroatoms. The van der Waals surface area contributed by atoms with E-state index < -0.39 is 4.92 Å². The summed E-state index contributed by atoms with van der Waals surface area (Å²) in [6.45, 7) is 5.28. The van der Waals surface area contributed by atoms with Crippen molar-refractivity contribution in [3.63, 3.8) is 0 Å². The second-order valence-corrected chi connectivity index (χ2v) is 4.98. The summed E-state index contributed by atoms with van der Waals surface area (Å²) in [5, 5.41) is 14.4. The third kappa shape index (κ3) is 3.85. The van der Waals surface area contributed by atoms with Gasteiger partial charge >= 0.3 is 0 Å². The molecule has 0 amide bonds. The molecule has 100 valence electrons. The summed E-state index contributed by atoms with van der Waals surface area (Å²) in [4.78, 5) is 10.5. The lowest BCUT2D eigenvalue weighted by Gasteiger charge is -2.19. The van der Waals surface area contributed by atoms with Crippen LogP contribution in [0.25, 0.3) is 0 Å². The molecule has 0 radical (unpaired) electrons. The molecule has 3 N–H and O–H groups in total. The molecule has 0 aromatic heterocycles. The number of rotatable bonds is 6. The lowest BCUT2D eigenvalue weighted by Crippen LogP contribution is -2.27. The fraction of sp³-hybridized carbons (Fsp3) is 0.500. The van der Waals surface area contributed by atoms with Gasteiger partial charge in [0, 0.05) is 17.6 Å². The number of benzene rings is 1. The van der Waals surface area contributed by atoms with E-state index >= 15 is 0 Å². The van der Waals surface area contributed by atoms with Crippen molar-refractivity contribution >= 4 is 23.0 Å². The zero-order valence-corrected chi connectivity index (χ0v) is 11.3. The number of hydrogen-bond donors (Lipinski definition) is 2. The van der Waals surface area contributed by atoms with E-state index in [-0.39, 0.29) is 11.6 Å². The van der Waals surface area contributed by atoms with Crippen molar-refractivity contribution in [1.29, 1.82) is 0 Å². The van der Waals surface area contributed by atoms with Gasteiger partial charge < -0.3 is 11.1 Å². The smallest absolute Gasteiger partial charge is 0.292 e. The van der Waals surface area contributed by atoms with Crippen LogP contribution < -0.4 is 11.1 Å². The Balaban J connectivity index is 2.83. The second-order valence-electron chi connectivity index (χ2n) is 4.54. The molecule has 0 saturated heterocycles. The minimum Gasteiger partial charge on any atom is -0.379 e. The SMILES string of the molecule is CC(C)C(CN)CNc1cc(Cl)ccc1[N+](=O)[O-]. The monoisotopic (exact) mass is 271 g/mol. The third-order valence-electron chi connectivity index (χ3n) is 2.96. The van der Waals surface area contributed by atoms with Crippen LogP contribution in [0.5, 0.6) is 0 Å². The third-order valence-corrected chi connectivity index (χ3v) is 3.19. The van der Waals surface area contributed by atoms with Gasteiger partial charge in [-0.05, 0) is 30.5 Å². The predicted octanol–water partition coefficient (Wildman–Crippen LogP) is 2.89. The van der Waals surface area contributed by atoms with Crippen molar-refractivity contribution in [2.75, 3.05) is 18.4 Å². The normalized spacial score (nSPS) is 12.5. The van der Waals surface area contributed by atoms with Gasteiger partial charge in [0.05, 0.1) is 4.92 Å². The summed E-state index contributed by atoms with van der Waals surface area (Å²) in [6.07, 6.45) is 0. The van der Waals surface area contributed by atoms with Crippen LogP contribution in [-0.4, -0.2) is 18.0 Å². The summed E-state index contributed by atoms with van der Waals surface area (Å²) in [5.41, 5.74) is 6.13. The second kappa shape index (κ2) is 6.56. The highest BCUT2D eigenvalue weighted by Crippen LogP contribution is 2.28. The molecule has 0 aliphatic rings. The fourth-order valence-electron chi connectivity index (χ4n) is 1.64. The number of nitrogens with one attached hydrogen (secondary N) is 1. The molecule has 0 spiro atoms. The maximum Gasteiger partial charge on any atom is 0.292 e. The van der Waals surface area contributed by atoms with Crippen LogP contribution in [0, 0.1) is 22.0 Å². The lowest BCUT2D eigenvalue weighted by molar-refractivity contribution is -0.384. The van der Waals surface area contributed by atoms with Crippen LogP contribution in [-0.2, 0) is 0 Å². The van der Waals surface area contributed by atoms with Gasteiger partial charge in [-0.25, -0.2) is 0 Å². The topological polar surface area (TPSA) is 81.2 Å². The Bertz CT molecular complexity index is 424. The molecule has 1 rings (SSSR count). The first-order valence-corrected chi connectivity index (χ1v) is 6.21. The average Bonchev–Trinajstić information content (AvgIpc) is 2.29. The molecular weight excluding hydrogens is 254 g/mol. The van der Waals surface area contributed by atoms with Crippen molar-refractivity contribution in [1.82, 2.24) is 0 Å². The zero-order chi connectivity index (χ0) is 13.7. The first kappa shape index (κ1) is 14.7. The molecule has 1 atom stereocenters. The van der Waals surface area contributed by atoms with Gasteiger partial charge in [-0.1, -0.05) is 25.4 Å². The Labute approximate surface area is 111 Å². The predicted molar refractivity (Wildman–Crippen MR) is 74.0 cm³/mol. The number of nitrogens with two attached hydrogens (primary N) is 1. The Morgan fingerprint density at radius 1 is 1.50 bits per heavy atom. The van der Waals surface area contributed by atoms with Gasteiger partial charge in [-0.3, -0.25) is 10.1 Å². The summed E-state index contributed by atoms with van der Waals surface area (Å²) >= 11 is 5.85. The van der Waals surface area contributed by atoms with Crippen LogP contribution in [0.1, 0.15) is 13.8 Å². The van der Waals surface area contributed by atoms with Crippen LogP contribution in [0.4, 0.5) is 11.4 Å². The highest BCUT2D eigenvalue weighted by molar-refractivity contribution is 6.31. The number of nitro benzene ring substituents is 1. The van der Waals surface area contributed by atoms with Crippen molar-refractivity contribution in [3.05, 3.63) is 33.3 Å². The zero-order valence-electron chi connectivity index (χ0n) is 10.5. The van der Waals surface area contributed by atoms with Crippen molar-refractivity contribution in [3.8, 4) is 0 Å². The maximum absolute atomic E-state index is 10.9. The van der Waals surface area contributed by atoms with Crippen molar-refractivity contribution < 1.29 is 4.92 Å². The molecule has 0 heterocycles. The van der Waals surface area contributed by atoms with Gasteiger partial charge in [0.1, 0.15) is 5.69 Å². The number of hydrogen-bond acceptors (Lipinski definition) is 4. The molecular formula is C12H18ClN3O2. The summed E-state index contributed by atoms with van der Waals surface area (Å²) < 4.78 is 0. The van der Waals surface area contributed by atoms with Crippen LogP contribution in [0.3, 0.4) is 0 Å². The van der Waals surface area contributed by atoms with E-state index in [1.807, 2.05) is 0 Å². The van der Waals surface area contributed by atoms with Gasteiger partial charge in [-0.15, -0.1) is 0 Å². The molecule has 1 aromatic carbocycles. The van der Waals surface area contributed by atoms with Gasteiger partial charge in [-0.2, -0.15) is 0 Å². The Kier molecular flexibility index (Phi) is 5.37. The van der Waals surface area contributed by atoms with Crippen LogP contribution >= 0.6 is 11.6 Å². The van der Waals surface area contributed by atoms with E-state index in [1.165, 1.54) is 12.1 Å². The minimum atomic E-state index is -0.425. The first-order valence-electron chi connectivity index (χ1n) is 5.83. The highest BCUT2D eigenvalue weighted by atomic mass is 35.5.